The molecular weight excluding hydrogens is 364 g/mol. The summed E-state index contributed by atoms with van der Waals surface area (Å²) >= 11 is 0. The first-order chi connectivity index (χ1) is 14.2. The van der Waals surface area contributed by atoms with Gasteiger partial charge in [-0.05, 0) is 42.7 Å². The number of aromatic nitrogens is 1. The van der Waals surface area contributed by atoms with Crippen LogP contribution in [0.5, 0.6) is 5.75 Å². The minimum atomic E-state index is -0.277. The number of aliphatic imine (C=N–C) groups is 1. The largest absolute Gasteiger partial charge is 0.497 e. The Morgan fingerprint density at radius 2 is 2.03 bits per heavy atom. The highest BCUT2D eigenvalue weighted by Gasteiger charge is 2.32. The monoisotopic (exact) mass is 386 g/mol. The smallest absolute Gasteiger partial charge is 0.201 e. The molecule has 5 rings (SSSR count). The molecule has 1 atom stereocenters. The predicted octanol–water partition coefficient (Wildman–Crippen LogP) is 5.01. The maximum absolute atomic E-state index is 12.8. The molecule has 0 radical (unpaired) electrons. The summed E-state index contributed by atoms with van der Waals surface area (Å²) in [4.78, 5) is 22.4. The Morgan fingerprint density at radius 3 is 2.90 bits per heavy atom. The molecule has 0 saturated carbocycles. The fourth-order valence-corrected chi connectivity index (χ4v) is 4.33. The lowest BCUT2D eigenvalue weighted by Crippen LogP contribution is -2.24. The predicted molar refractivity (Wildman–Crippen MR) is 111 cm³/mol. The van der Waals surface area contributed by atoms with Gasteiger partial charge in [0.05, 0.1) is 13.5 Å². The summed E-state index contributed by atoms with van der Waals surface area (Å²) in [5.74, 6) is 1.67. The molecule has 29 heavy (non-hydrogen) atoms. The number of benzene rings is 2. The van der Waals surface area contributed by atoms with Crippen LogP contribution in [0.1, 0.15) is 43.2 Å². The zero-order chi connectivity index (χ0) is 19.8. The van der Waals surface area contributed by atoms with Crippen LogP contribution in [0.4, 0.5) is 0 Å². The first-order valence-corrected chi connectivity index (χ1v) is 10.0. The minimum absolute atomic E-state index is 0.226. The van der Waals surface area contributed by atoms with Crippen molar-refractivity contribution in [3.63, 3.8) is 0 Å². The van der Waals surface area contributed by atoms with Crippen molar-refractivity contribution in [2.75, 3.05) is 7.11 Å². The van der Waals surface area contributed by atoms with Crippen molar-refractivity contribution in [2.24, 2.45) is 4.99 Å². The number of allylic oxidation sites excluding steroid dienone is 1. The number of methoxy groups -OCH3 is 1. The molecule has 5 heteroatoms. The van der Waals surface area contributed by atoms with Gasteiger partial charge in [0.2, 0.25) is 5.89 Å². The Labute approximate surface area is 169 Å². The van der Waals surface area contributed by atoms with Crippen molar-refractivity contribution >= 4 is 22.6 Å². The molecule has 0 amide bonds. The molecule has 0 bridgehead atoms. The third-order valence-corrected chi connectivity index (χ3v) is 5.67. The molecule has 1 aromatic heterocycles. The average molecular weight is 386 g/mol. The molecule has 2 heterocycles. The number of para-hydroxylation sites is 2. The normalized spacial score (nSPS) is 19.3. The van der Waals surface area contributed by atoms with Gasteiger partial charge in [0.1, 0.15) is 17.3 Å². The Kier molecular flexibility index (Phi) is 4.51. The molecule has 0 N–H and O–H groups in total. The highest BCUT2D eigenvalue weighted by Crippen LogP contribution is 2.40. The zero-order valence-corrected chi connectivity index (χ0v) is 16.4. The van der Waals surface area contributed by atoms with Crippen LogP contribution in [0.25, 0.3) is 11.1 Å². The van der Waals surface area contributed by atoms with Crippen molar-refractivity contribution in [1.82, 2.24) is 4.98 Å². The molecule has 0 saturated heterocycles. The fourth-order valence-electron chi connectivity index (χ4n) is 4.33. The summed E-state index contributed by atoms with van der Waals surface area (Å²) in [5, 5.41) is 0. The summed E-state index contributed by atoms with van der Waals surface area (Å²) in [6.07, 6.45) is 3.75. The van der Waals surface area contributed by atoms with Gasteiger partial charge in [-0.2, -0.15) is 0 Å². The number of dihydropyridines is 1. The third kappa shape index (κ3) is 3.37. The highest BCUT2D eigenvalue weighted by atomic mass is 16.5. The van der Waals surface area contributed by atoms with E-state index in [1.807, 2.05) is 48.5 Å². The molecule has 146 valence electrons. The Balaban J connectivity index is 1.53. The second-order valence-electron chi connectivity index (χ2n) is 7.60. The van der Waals surface area contributed by atoms with Gasteiger partial charge in [0.15, 0.2) is 11.4 Å². The summed E-state index contributed by atoms with van der Waals surface area (Å²) in [7, 11) is 1.65. The van der Waals surface area contributed by atoms with Gasteiger partial charge in [-0.3, -0.25) is 9.79 Å². The summed E-state index contributed by atoms with van der Waals surface area (Å²) in [6, 6.07) is 15.4. The number of fused-ring (bicyclic) bond motifs is 1. The van der Waals surface area contributed by atoms with Crippen LogP contribution in [-0.2, 0) is 11.2 Å². The molecule has 1 aliphatic heterocycles. The molecule has 3 aromatic rings. The fraction of sp³-hybridized carbons (Fsp3) is 0.292. The number of hydrogen-bond acceptors (Lipinski definition) is 5. The van der Waals surface area contributed by atoms with Gasteiger partial charge in [0, 0.05) is 24.1 Å². The van der Waals surface area contributed by atoms with E-state index in [4.69, 9.17) is 14.1 Å². The van der Waals surface area contributed by atoms with E-state index in [2.05, 4.69) is 4.98 Å². The highest BCUT2D eigenvalue weighted by molar-refractivity contribution is 6.02. The summed E-state index contributed by atoms with van der Waals surface area (Å²) < 4.78 is 11.3. The molecule has 1 unspecified atom stereocenters. The first-order valence-electron chi connectivity index (χ1n) is 10.0. The van der Waals surface area contributed by atoms with E-state index in [9.17, 15) is 4.79 Å². The van der Waals surface area contributed by atoms with Crippen molar-refractivity contribution in [2.45, 2.75) is 38.1 Å². The van der Waals surface area contributed by atoms with E-state index in [1.165, 1.54) is 5.57 Å². The summed E-state index contributed by atoms with van der Waals surface area (Å²) in [5.41, 5.74) is 5.74. The first kappa shape index (κ1) is 17.9. The van der Waals surface area contributed by atoms with Crippen LogP contribution < -0.4 is 4.74 Å². The number of nitrogens with zero attached hydrogens (tertiary/aromatic N) is 2. The lowest BCUT2D eigenvalue weighted by Gasteiger charge is -2.29. The van der Waals surface area contributed by atoms with Crippen LogP contribution in [0.15, 0.2) is 69.1 Å². The van der Waals surface area contributed by atoms with Gasteiger partial charge in [0.25, 0.3) is 0 Å². The quantitative estimate of drug-likeness (QED) is 0.632. The van der Waals surface area contributed by atoms with Gasteiger partial charge in [-0.15, -0.1) is 0 Å². The maximum atomic E-state index is 12.8. The third-order valence-electron chi connectivity index (χ3n) is 5.67. The van der Waals surface area contributed by atoms with Gasteiger partial charge in [-0.1, -0.05) is 29.8 Å². The number of carbonyl (C=O) groups is 1. The van der Waals surface area contributed by atoms with Crippen molar-refractivity contribution in [3.8, 4) is 5.75 Å². The van der Waals surface area contributed by atoms with E-state index < -0.39 is 0 Å². The summed E-state index contributed by atoms with van der Waals surface area (Å²) in [6.45, 7) is 0. The van der Waals surface area contributed by atoms with Gasteiger partial charge in [-0.25, -0.2) is 4.98 Å². The SMILES string of the molecule is COc1cccc(C2N=C(Cc3nc4ccccc4o3)CC3=C2C(=O)CCC3)c1. The van der Waals surface area contributed by atoms with E-state index in [1.54, 1.807) is 7.11 Å². The Bertz CT molecular complexity index is 1120. The second kappa shape index (κ2) is 7.32. The Morgan fingerprint density at radius 1 is 1.14 bits per heavy atom. The maximum Gasteiger partial charge on any atom is 0.201 e. The topological polar surface area (TPSA) is 64.7 Å². The number of carbonyl (C=O) groups excluding carboxylic acids is 1. The number of ether oxygens (including phenoxy) is 1. The molecule has 5 nitrogen and oxygen atoms in total. The van der Waals surface area contributed by atoms with Crippen molar-refractivity contribution in [1.29, 1.82) is 0 Å². The van der Waals surface area contributed by atoms with E-state index >= 15 is 0 Å². The molecule has 0 fully saturated rings. The van der Waals surface area contributed by atoms with Crippen molar-refractivity contribution in [3.05, 3.63) is 71.1 Å². The number of hydrogen-bond donors (Lipinski definition) is 0. The number of oxazole rings is 1. The molecule has 0 spiro atoms. The molecule has 1 aliphatic carbocycles. The van der Waals surface area contributed by atoms with Crippen LogP contribution in [0.3, 0.4) is 0 Å². The Hall–Kier alpha value is -3.21. The second-order valence-corrected chi connectivity index (χ2v) is 7.60. The van der Waals surface area contributed by atoms with E-state index in [-0.39, 0.29) is 11.8 Å². The molecule has 2 aliphatic rings. The average Bonchev–Trinajstić information content (AvgIpc) is 3.15. The zero-order valence-electron chi connectivity index (χ0n) is 16.4. The molecule has 2 aromatic carbocycles. The van der Waals surface area contributed by atoms with Gasteiger partial charge >= 0.3 is 0 Å². The van der Waals surface area contributed by atoms with Crippen LogP contribution in [0.2, 0.25) is 0 Å². The lowest BCUT2D eigenvalue weighted by atomic mass is 9.79. The number of ketones is 1. The molecular formula is C24H22N2O3. The van der Waals surface area contributed by atoms with E-state index in [0.29, 0.717) is 18.7 Å². The minimum Gasteiger partial charge on any atom is -0.497 e. The van der Waals surface area contributed by atoms with Gasteiger partial charge < -0.3 is 9.15 Å². The lowest BCUT2D eigenvalue weighted by molar-refractivity contribution is -0.116. The number of rotatable bonds is 4. The van der Waals surface area contributed by atoms with E-state index in [0.717, 1.165) is 53.0 Å². The van der Waals surface area contributed by atoms with Crippen molar-refractivity contribution < 1.29 is 13.9 Å². The standard InChI is InChI=1S/C24H22N2O3/c1-28-18-8-4-7-16(13-18)24-23-15(6-5-10-20(23)27)12-17(25-24)14-22-26-19-9-2-3-11-21(19)29-22/h2-4,7-9,11,13,24H,5-6,10,12,14H2,1H3. The van der Waals surface area contributed by atoms with Crippen LogP contribution in [0, 0.1) is 0 Å². The van der Waals surface area contributed by atoms with Crippen LogP contribution >= 0.6 is 0 Å². The van der Waals surface area contributed by atoms with Crippen LogP contribution in [-0.4, -0.2) is 23.6 Å². The number of Topliss-reactive ketones (excluding diaryl/α,β-unsaturated/α-hetero) is 1.